The van der Waals surface area contributed by atoms with Gasteiger partial charge in [0.1, 0.15) is 0 Å². The molecule has 8 heteroatoms. The van der Waals surface area contributed by atoms with Gasteiger partial charge in [-0.3, -0.25) is 9.78 Å². The molecular weight excluding hydrogens is 496 g/mol. The summed E-state index contributed by atoms with van der Waals surface area (Å²) in [5, 5.41) is 9.35. The van der Waals surface area contributed by atoms with Gasteiger partial charge in [-0.05, 0) is 68.7 Å². The van der Waals surface area contributed by atoms with Crippen molar-refractivity contribution in [3.05, 3.63) is 95.7 Å². The fraction of sp³-hybridized carbons (Fsp3) is 0.167. The first-order valence-corrected chi connectivity index (χ1v) is 13.4. The monoisotopic (exact) mass is 524 g/mol. The molecule has 3 aromatic carbocycles. The molecule has 0 saturated carbocycles. The lowest BCUT2D eigenvalue weighted by Gasteiger charge is -2.23. The smallest absolute Gasteiger partial charge is 0.251 e. The number of hydrogen-bond acceptors (Lipinski definition) is 5. The van der Waals surface area contributed by atoms with Crippen LogP contribution in [0.3, 0.4) is 0 Å². The molecule has 0 aliphatic carbocycles. The lowest BCUT2D eigenvalue weighted by atomic mass is 9.89. The quantitative estimate of drug-likeness (QED) is 0.347. The summed E-state index contributed by atoms with van der Waals surface area (Å²) in [5.74, 6) is -0.688. The van der Waals surface area contributed by atoms with Gasteiger partial charge in [0, 0.05) is 22.9 Å². The van der Waals surface area contributed by atoms with Crippen LogP contribution in [-0.2, 0) is 10.0 Å². The summed E-state index contributed by atoms with van der Waals surface area (Å²) in [7, 11) is -3.88. The van der Waals surface area contributed by atoms with Crippen LogP contribution < -0.4 is 10.5 Å². The van der Waals surface area contributed by atoms with E-state index in [1.165, 1.54) is 0 Å². The summed E-state index contributed by atoms with van der Waals surface area (Å²) in [5.41, 5.74) is 9.86. The van der Waals surface area contributed by atoms with E-state index in [1.54, 1.807) is 69.4 Å². The Balaban J connectivity index is 2.01. The number of carbonyl (C=O) groups is 1. The van der Waals surface area contributed by atoms with E-state index in [2.05, 4.69) is 15.8 Å². The minimum atomic E-state index is -3.88. The number of rotatable bonds is 6. The number of nitriles is 1. The topological polar surface area (TPSA) is 126 Å². The summed E-state index contributed by atoms with van der Waals surface area (Å²) >= 11 is 0. The van der Waals surface area contributed by atoms with Crippen LogP contribution >= 0.6 is 0 Å². The van der Waals surface area contributed by atoms with E-state index in [0.29, 0.717) is 39.1 Å². The van der Waals surface area contributed by atoms with Crippen molar-refractivity contribution in [3.8, 4) is 39.6 Å². The third kappa shape index (κ3) is 5.49. The predicted molar refractivity (Wildman–Crippen MR) is 149 cm³/mol. The van der Waals surface area contributed by atoms with Crippen molar-refractivity contribution in [1.29, 1.82) is 5.26 Å². The van der Waals surface area contributed by atoms with E-state index in [4.69, 9.17) is 5.73 Å². The Bertz CT molecular complexity index is 1700. The zero-order valence-electron chi connectivity index (χ0n) is 21.6. The van der Waals surface area contributed by atoms with Crippen LogP contribution in [0, 0.1) is 18.3 Å². The van der Waals surface area contributed by atoms with E-state index in [9.17, 15) is 18.5 Å². The average molecular weight is 525 g/mol. The summed E-state index contributed by atoms with van der Waals surface area (Å²) in [4.78, 5) is 17.4. The summed E-state index contributed by atoms with van der Waals surface area (Å²) < 4.78 is 29.6. The third-order valence-corrected chi connectivity index (χ3v) is 7.65. The Morgan fingerprint density at radius 1 is 0.921 bits per heavy atom. The van der Waals surface area contributed by atoms with Gasteiger partial charge in [0.25, 0.3) is 5.91 Å². The number of nitrogens with zero attached hydrogens (tertiary/aromatic N) is 2. The molecule has 0 bridgehead atoms. The van der Waals surface area contributed by atoms with Crippen molar-refractivity contribution in [2.24, 2.45) is 5.73 Å². The maximum absolute atomic E-state index is 13.5. The van der Waals surface area contributed by atoms with E-state index in [-0.39, 0.29) is 10.5 Å². The average Bonchev–Trinajstić information content (AvgIpc) is 2.86. The third-order valence-electron chi connectivity index (χ3n) is 5.84. The molecule has 4 rings (SSSR count). The number of pyridine rings is 1. The van der Waals surface area contributed by atoms with Crippen molar-refractivity contribution in [3.63, 3.8) is 0 Å². The fourth-order valence-electron chi connectivity index (χ4n) is 4.39. The largest absolute Gasteiger partial charge is 0.366 e. The van der Waals surface area contributed by atoms with Gasteiger partial charge in [-0.2, -0.15) is 5.26 Å². The summed E-state index contributed by atoms with van der Waals surface area (Å²) in [6.45, 7) is 7.24. The molecule has 38 heavy (non-hydrogen) atoms. The van der Waals surface area contributed by atoms with Crippen LogP contribution in [0.25, 0.3) is 33.5 Å². The molecule has 0 spiro atoms. The molecule has 1 heterocycles. The van der Waals surface area contributed by atoms with Gasteiger partial charge in [-0.1, -0.05) is 54.1 Å². The molecule has 7 nitrogen and oxygen atoms in total. The molecule has 0 atom stereocenters. The standard InChI is InChI=1S/C30H28N4O3S/c1-19-12-13-26(38(36,37)34-30(2,3)4)25(16-19)23-11-6-5-10-22(23)24-14-15-33-28(27(24)29(32)35)21-9-7-8-20(17-21)18-31/h5-17,34H,1-4H3,(H2,32,35). The number of aromatic nitrogens is 1. The van der Waals surface area contributed by atoms with Crippen molar-refractivity contribution >= 4 is 15.9 Å². The number of aryl methyl sites for hydroxylation is 1. The molecule has 3 N–H and O–H groups in total. The molecule has 1 aromatic heterocycles. The van der Waals surface area contributed by atoms with E-state index >= 15 is 0 Å². The Hall–Kier alpha value is -4.32. The maximum Gasteiger partial charge on any atom is 0.251 e. The molecule has 192 valence electrons. The van der Waals surface area contributed by atoms with Crippen LogP contribution in [0.2, 0.25) is 0 Å². The first-order valence-electron chi connectivity index (χ1n) is 11.9. The zero-order valence-corrected chi connectivity index (χ0v) is 22.4. The van der Waals surface area contributed by atoms with Gasteiger partial charge in [0.15, 0.2) is 0 Å². The number of amides is 1. The van der Waals surface area contributed by atoms with Crippen molar-refractivity contribution in [2.45, 2.75) is 38.1 Å². The lowest BCUT2D eigenvalue weighted by molar-refractivity contribution is 0.100. The van der Waals surface area contributed by atoms with Crippen LogP contribution in [0.15, 0.2) is 83.9 Å². The normalized spacial score (nSPS) is 11.7. The molecule has 4 aromatic rings. The number of sulfonamides is 1. The number of primary amides is 1. The second kappa shape index (κ2) is 10.2. The lowest BCUT2D eigenvalue weighted by Crippen LogP contribution is -2.40. The number of nitrogens with two attached hydrogens (primary N) is 1. The first-order chi connectivity index (χ1) is 17.9. The number of nitrogens with one attached hydrogen (secondary N) is 1. The fourth-order valence-corrected chi connectivity index (χ4v) is 6.01. The molecule has 1 amide bonds. The summed E-state index contributed by atoms with van der Waals surface area (Å²) in [6.07, 6.45) is 1.57. The molecule has 0 radical (unpaired) electrons. The molecule has 0 aliphatic rings. The van der Waals surface area contributed by atoms with E-state index in [1.807, 2.05) is 37.3 Å². The minimum absolute atomic E-state index is 0.127. The van der Waals surface area contributed by atoms with Crippen molar-refractivity contribution in [2.75, 3.05) is 0 Å². The van der Waals surface area contributed by atoms with Gasteiger partial charge >= 0.3 is 0 Å². The van der Waals surface area contributed by atoms with Crippen molar-refractivity contribution in [1.82, 2.24) is 9.71 Å². The number of benzene rings is 3. The minimum Gasteiger partial charge on any atom is -0.366 e. The second-order valence-electron chi connectivity index (χ2n) is 10.0. The van der Waals surface area contributed by atoms with Gasteiger partial charge in [0.05, 0.1) is 27.8 Å². The molecular formula is C30H28N4O3S. The highest BCUT2D eigenvalue weighted by atomic mass is 32.2. The van der Waals surface area contributed by atoms with E-state index in [0.717, 1.165) is 5.56 Å². The highest BCUT2D eigenvalue weighted by molar-refractivity contribution is 7.89. The van der Waals surface area contributed by atoms with Crippen LogP contribution in [0.1, 0.15) is 42.3 Å². The Morgan fingerprint density at radius 3 is 2.24 bits per heavy atom. The zero-order chi connectivity index (χ0) is 27.7. The second-order valence-corrected chi connectivity index (χ2v) is 11.7. The number of carbonyl (C=O) groups excluding carboxylic acids is 1. The Labute approximate surface area is 223 Å². The van der Waals surface area contributed by atoms with Gasteiger partial charge in [-0.25, -0.2) is 13.1 Å². The van der Waals surface area contributed by atoms with Gasteiger partial charge in [-0.15, -0.1) is 0 Å². The maximum atomic E-state index is 13.5. The van der Waals surface area contributed by atoms with Crippen molar-refractivity contribution < 1.29 is 13.2 Å². The van der Waals surface area contributed by atoms with Crippen LogP contribution in [-0.4, -0.2) is 24.8 Å². The van der Waals surface area contributed by atoms with Crippen LogP contribution in [0.4, 0.5) is 0 Å². The molecule has 0 fully saturated rings. The highest BCUT2D eigenvalue weighted by Gasteiger charge is 2.27. The van der Waals surface area contributed by atoms with Gasteiger partial charge in [0.2, 0.25) is 10.0 Å². The van der Waals surface area contributed by atoms with Gasteiger partial charge < -0.3 is 5.73 Å². The Kier molecular flexibility index (Phi) is 7.18. The van der Waals surface area contributed by atoms with E-state index < -0.39 is 21.5 Å². The molecule has 0 saturated heterocycles. The molecule has 0 aliphatic heterocycles. The number of hydrogen-bond donors (Lipinski definition) is 2. The molecule has 0 unspecified atom stereocenters. The Morgan fingerprint density at radius 2 is 1.61 bits per heavy atom. The first kappa shape index (κ1) is 26.7. The predicted octanol–water partition coefficient (Wildman–Crippen LogP) is 5.44. The highest BCUT2D eigenvalue weighted by Crippen LogP contribution is 2.39. The SMILES string of the molecule is Cc1ccc(S(=O)(=O)NC(C)(C)C)c(-c2ccccc2-c2ccnc(-c3cccc(C#N)c3)c2C(N)=O)c1. The summed E-state index contributed by atoms with van der Waals surface area (Å²) in [6, 6.07) is 23.0. The van der Waals surface area contributed by atoms with Crippen LogP contribution in [0.5, 0.6) is 0 Å².